The molecule has 0 aromatic heterocycles. The van der Waals surface area contributed by atoms with Crippen molar-refractivity contribution in [2.75, 3.05) is 19.8 Å². The Balaban J connectivity index is 2.28. The first kappa shape index (κ1) is 18.9. The van der Waals surface area contributed by atoms with Gasteiger partial charge in [0.15, 0.2) is 0 Å². The van der Waals surface area contributed by atoms with Gasteiger partial charge in [0.2, 0.25) is 5.91 Å². The summed E-state index contributed by atoms with van der Waals surface area (Å²) in [6, 6.07) is -0.378. The van der Waals surface area contributed by atoms with E-state index in [1.807, 2.05) is 0 Å². The summed E-state index contributed by atoms with van der Waals surface area (Å²) in [7, 11) is 0. The molecule has 1 saturated heterocycles. The first-order valence-electron chi connectivity index (χ1n) is 8.77. The molecule has 1 unspecified atom stereocenters. The largest absolute Gasteiger partial charge is 0.464 e. The Bertz CT molecular complexity index is 333. The summed E-state index contributed by atoms with van der Waals surface area (Å²) in [5.74, 6) is -0.193. The molecule has 1 amide bonds. The van der Waals surface area contributed by atoms with Crippen molar-refractivity contribution < 1.29 is 19.4 Å². The topological polar surface area (TPSA) is 66.8 Å². The van der Waals surface area contributed by atoms with Crippen molar-refractivity contribution >= 4 is 11.9 Å². The van der Waals surface area contributed by atoms with Gasteiger partial charge in [-0.05, 0) is 32.1 Å². The van der Waals surface area contributed by atoms with Crippen molar-refractivity contribution in [2.45, 2.75) is 77.2 Å². The van der Waals surface area contributed by atoms with Crippen LogP contribution in [-0.2, 0) is 14.3 Å². The Morgan fingerprint density at radius 1 is 1.14 bits per heavy atom. The highest BCUT2D eigenvalue weighted by Gasteiger charge is 2.34. The molecule has 1 fully saturated rings. The Kier molecular flexibility index (Phi) is 9.87. The molecule has 128 valence electrons. The molecule has 1 rings (SSSR count). The number of aliphatic hydroxyl groups excluding tert-OH is 1. The third kappa shape index (κ3) is 6.77. The highest BCUT2D eigenvalue weighted by molar-refractivity contribution is 5.85. The Morgan fingerprint density at radius 3 is 2.64 bits per heavy atom. The van der Waals surface area contributed by atoms with Crippen LogP contribution in [0, 0.1) is 0 Å². The van der Waals surface area contributed by atoms with E-state index in [1.54, 1.807) is 4.90 Å². The van der Waals surface area contributed by atoms with Gasteiger partial charge in [0.05, 0.1) is 6.61 Å². The molecule has 0 bridgehead atoms. The van der Waals surface area contributed by atoms with Gasteiger partial charge in [-0.2, -0.15) is 0 Å². The first-order valence-corrected chi connectivity index (χ1v) is 8.77. The Hall–Kier alpha value is -1.10. The standard InChI is InChI=1S/C17H31NO4/c1-2-3-4-8-14-22-17(21)15-10-9-12-18(15)16(20)11-6-5-7-13-19/h15,19H,2-14H2,1H3. The van der Waals surface area contributed by atoms with Crippen molar-refractivity contribution in [3.05, 3.63) is 0 Å². The van der Waals surface area contributed by atoms with Crippen molar-refractivity contribution in [3.63, 3.8) is 0 Å². The van der Waals surface area contributed by atoms with E-state index in [9.17, 15) is 9.59 Å². The van der Waals surface area contributed by atoms with Gasteiger partial charge >= 0.3 is 5.97 Å². The smallest absolute Gasteiger partial charge is 0.328 e. The molecule has 1 heterocycles. The summed E-state index contributed by atoms with van der Waals surface area (Å²) in [6.45, 7) is 3.45. The van der Waals surface area contributed by atoms with E-state index in [4.69, 9.17) is 9.84 Å². The molecule has 5 nitrogen and oxygen atoms in total. The average Bonchev–Trinajstić information content (AvgIpc) is 3.00. The number of esters is 1. The van der Waals surface area contributed by atoms with Gasteiger partial charge in [-0.3, -0.25) is 4.79 Å². The molecule has 1 aliphatic heterocycles. The number of carbonyl (C=O) groups excluding carboxylic acids is 2. The predicted octanol–water partition coefficient (Wildman–Crippen LogP) is 2.65. The molecule has 1 aliphatic rings. The second-order valence-corrected chi connectivity index (χ2v) is 6.01. The van der Waals surface area contributed by atoms with E-state index in [-0.39, 0.29) is 24.5 Å². The number of ether oxygens (including phenoxy) is 1. The van der Waals surface area contributed by atoms with E-state index in [0.717, 1.165) is 51.4 Å². The highest BCUT2D eigenvalue weighted by Crippen LogP contribution is 2.20. The molecule has 0 aromatic rings. The van der Waals surface area contributed by atoms with Crippen LogP contribution >= 0.6 is 0 Å². The number of unbranched alkanes of at least 4 members (excludes halogenated alkanes) is 5. The molecule has 5 heteroatoms. The lowest BCUT2D eigenvalue weighted by atomic mass is 10.1. The highest BCUT2D eigenvalue weighted by atomic mass is 16.5. The van der Waals surface area contributed by atoms with Crippen molar-refractivity contribution in [2.24, 2.45) is 0 Å². The summed E-state index contributed by atoms with van der Waals surface area (Å²) in [5.41, 5.74) is 0. The van der Waals surface area contributed by atoms with Gasteiger partial charge in [0.1, 0.15) is 6.04 Å². The number of amides is 1. The molecular formula is C17H31NO4. The van der Waals surface area contributed by atoms with E-state index in [2.05, 4.69) is 6.92 Å². The molecule has 0 spiro atoms. The molecule has 1 N–H and O–H groups in total. The molecule has 1 atom stereocenters. The third-order valence-electron chi connectivity index (χ3n) is 4.14. The van der Waals surface area contributed by atoms with Gasteiger partial charge in [-0.1, -0.05) is 32.6 Å². The maximum atomic E-state index is 12.2. The van der Waals surface area contributed by atoms with Gasteiger partial charge in [-0.15, -0.1) is 0 Å². The summed E-state index contributed by atoms with van der Waals surface area (Å²) >= 11 is 0. The van der Waals surface area contributed by atoms with Crippen LogP contribution in [0.1, 0.15) is 71.1 Å². The van der Waals surface area contributed by atoms with E-state index >= 15 is 0 Å². The number of rotatable bonds is 11. The number of hydrogen-bond acceptors (Lipinski definition) is 4. The third-order valence-corrected chi connectivity index (χ3v) is 4.14. The van der Waals surface area contributed by atoms with Crippen LogP contribution in [0.15, 0.2) is 0 Å². The predicted molar refractivity (Wildman–Crippen MR) is 85.4 cm³/mol. The van der Waals surface area contributed by atoms with E-state index in [1.165, 1.54) is 6.42 Å². The lowest BCUT2D eigenvalue weighted by Gasteiger charge is -2.23. The van der Waals surface area contributed by atoms with Crippen LogP contribution in [0.5, 0.6) is 0 Å². The van der Waals surface area contributed by atoms with E-state index < -0.39 is 0 Å². The summed E-state index contributed by atoms with van der Waals surface area (Å²) < 4.78 is 5.33. The fraction of sp³-hybridized carbons (Fsp3) is 0.882. The second kappa shape index (κ2) is 11.5. The zero-order chi connectivity index (χ0) is 16.2. The Labute approximate surface area is 134 Å². The molecular weight excluding hydrogens is 282 g/mol. The SMILES string of the molecule is CCCCCCOC(=O)C1CCCN1C(=O)CCCCCO. The number of hydrogen-bond donors (Lipinski definition) is 1. The fourth-order valence-electron chi connectivity index (χ4n) is 2.82. The lowest BCUT2D eigenvalue weighted by Crippen LogP contribution is -2.41. The lowest BCUT2D eigenvalue weighted by molar-refractivity contribution is -0.153. The van der Waals surface area contributed by atoms with Crippen LogP contribution in [-0.4, -0.2) is 47.7 Å². The van der Waals surface area contributed by atoms with Crippen LogP contribution in [0.4, 0.5) is 0 Å². The van der Waals surface area contributed by atoms with Crippen molar-refractivity contribution in [3.8, 4) is 0 Å². The van der Waals surface area contributed by atoms with Crippen LogP contribution < -0.4 is 0 Å². The van der Waals surface area contributed by atoms with Crippen LogP contribution in [0.3, 0.4) is 0 Å². The maximum Gasteiger partial charge on any atom is 0.328 e. The Morgan fingerprint density at radius 2 is 1.91 bits per heavy atom. The van der Waals surface area contributed by atoms with Gasteiger partial charge < -0.3 is 14.7 Å². The van der Waals surface area contributed by atoms with Gasteiger partial charge in [0.25, 0.3) is 0 Å². The van der Waals surface area contributed by atoms with Crippen LogP contribution in [0.25, 0.3) is 0 Å². The molecule has 0 radical (unpaired) electrons. The molecule has 0 aliphatic carbocycles. The zero-order valence-electron chi connectivity index (χ0n) is 13.9. The second-order valence-electron chi connectivity index (χ2n) is 6.01. The summed E-state index contributed by atoms with van der Waals surface area (Å²) in [6.07, 6.45) is 8.72. The summed E-state index contributed by atoms with van der Waals surface area (Å²) in [5, 5.41) is 8.74. The maximum absolute atomic E-state index is 12.2. The zero-order valence-corrected chi connectivity index (χ0v) is 13.9. The monoisotopic (exact) mass is 313 g/mol. The quantitative estimate of drug-likeness (QED) is 0.470. The molecule has 22 heavy (non-hydrogen) atoms. The number of nitrogens with zero attached hydrogens (tertiary/aromatic N) is 1. The number of aliphatic hydroxyl groups is 1. The van der Waals surface area contributed by atoms with Crippen molar-refractivity contribution in [1.82, 2.24) is 4.90 Å². The number of likely N-dealkylation sites (tertiary alicyclic amines) is 1. The number of carbonyl (C=O) groups is 2. The minimum Gasteiger partial charge on any atom is -0.464 e. The van der Waals surface area contributed by atoms with Crippen LogP contribution in [0.2, 0.25) is 0 Å². The van der Waals surface area contributed by atoms with Crippen molar-refractivity contribution in [1.29, 1.82) is 0 Å². The first-order chi connectivity index (χ1) is 10.7. The van der Waals surface area contributed by atoms with E-state index in [0.29, 0.717) is 19.6 Å². The minimum atomic E-state index is -0.378. The molecule has 0 saturated carbocycles. The van der Waals surface area contributed by atoms with Gasteiger partial charge in [0, 0.05) is 19.6 Å². The molecule has 0 aromatic carbocycles. The average molecular weight is 313 g/mol. The normalized spacial score (nSPS) is 17.7. The fourth-order valence-corrected chi connectivity index (χ4v) is 2.82. The summed E-state index contributed by atoms with van der Waals surface area (Å²) in [4.78, 5) is 26.0. The van der Waals surface area contributed by atoms with Gasteiger partial charge in [-0.25, -0.2) is 4.79 Å². The minimum absolute atomic E-state index is 0.0448.